The van der Waals surface area contributed by atoms with E-state index in [0.717, 1.165) is 64.7 Å². The van der Waals surface area contributed by atoms with Crippen LogP contribution in [-0.4, -0.2) is 17.6 Å². The first kappa shape index (κ1) is 41.6. The second-order valence-electron chi connectivity index (χ2n) is 16.2. The van der Waals surface area contributed by atoms with E-state index in [1.807, 2.05) is 12.1 Å². The summed E-state index contributed by atoms with van der Waals surface area (Å²) in [6, 6.07) is 52.6. The second kappa shape index (κ2) is 20.0. The lowest BCUT2D eigenvalue weighted by Crippen LogP contribution is -2.22. The molecule has 1 N–H and O–H groups in total. The lowest BCUT2D eigenvalue weighted by molar-refractivity contribution is -0.132. The number of rotatable bonds is 18. The van der Waals surface area contributed by atoms with Gasteiger partial charge in [-0.1, -0.05) is 162 Å². The van der Waals surface area contributed by atoms with Gasteiger partial charge in [0.15, 0.2) is 11.5 Å². The van der Waals surface area contributed by atoms with Crippen molar-refractivity contribution in [1.82, 2.24) is 0 Å². The van der Waals surface area contributed by atoms with Gasteiger partial charge in [0.2, 0.25) is 0 Å². The van der Waals surface area contributed by atoms with Crippen molar-refractivity contribution < 1.29 is 14.6 Å². The number of benzene rings is 7. The van der Waals surface area contributed by atoms with Crippen LogP contribution in [-0.2, 0) is 4.79 Å². The minimum atomic E-state index is -1.24. The summed E-state index contributed by atoms with van der Waals surface area (Å²) in [6.45, 7) is 3.06. The number of ether oxygens (including phenoxy) is 1. The lowest BCUT2D eigenvalue weighted by Gasteiger charge is -2.33. The van der Waals surface area contributed by atoms with Gasteiger partial charge in [0.1, 0.15) is 11.6 Å². The first-order valence-electron chi connectivity index (χ1n) is 22.1. The van der Waals surface area contributed by atoms with Gasteiger partial charge in [0.05, 0.1) is 11.4 Å². The van der Waals surface area contributed by atoms with Crippen LogP contribution in [0.4, 0.5) is 28.4 Å². The van der Waals surface area contributed by atoms with Crippen molar-refractivity contribution in [3.05, 3.63) is 168 Å². The first-order valence-corrected chi connectivity index (χ1v) is 22.1. The van der Waals surface area contributed by atoms with Gasteiger partial charge in [-0.3, -0.25) is 0 Å². The highest BCUT2D eigenvalue weighted by atomic mass is 16.5. The van der Waals surface area contributed by atoms with Crippen LogP contribution in [0.5, 0.6) is 11.5 Å². The molecule has 0 unspecified atom stereocenters. The summed E-state index contributed by atoms with van der Waals surface area (Å²) < 4.78 is 6.53. The molecule has 0 amide bonds. The van der Waals surface area contributed by atoms with Crippen molar-refractivity contribution in [2.24, 2.45) is 0 Å². The predicted molar refractivity (Wildman–Crippen MR) is 258 cm³/mol. The molecule has 0 aromatic heterocycles. The lowest BCUT2D eigenvalue weighted by atomic mass is 10.0. The van der Waals surface area contributed by atoms with E-state index >= 15 is 0 Å². The average molecular weight is 816 g/mol. The van der Waals surface area contributed by atoms with Crippen LogP contribution in [0.15, 0.2) is 151 Å². The highest BCUT2D eigenvalue weighted by molar-refractivity contribution is 5.97. The number of fused-ring (bicyclic) bond motifs is 4. The Kier molecular flexibility index (Phi) is 13.4. The predicted octanol–water partition coefficient (Wildman–Crippen LogP) is 15.8. The van der Waals surface area contributed by atoms with Crippen LogP contribution in [0.1, 0.15) is 87.8 Å². The standard InChI is InChI=1S/C56H53N3O3/c1-2-3-4-5-6-7-8-9-10-15-34-58-52-32-24-42(37-55(52)62-54-33-25-43(36-53(54)58)35-48(40-57)56(60)61)21-20-41-22-28-49(29-23-41)59(50-30-26-44-16-11-13-18-46(44)38-50)51-31-27-45-17-12-14-19-47(45)39-51/h11-14,16-33,35-39H,2-10,15,34H2,1H3,(H,60,61)/b21-20+,48-35-. The maximum absolute atomic E-state index is 11.6. The number of carboxylic acid groups (broad SMARTS) is 1. The molecule has 7 aromatic carbocycles. The normalized spacial score (nSPS) is 12.3. The van der Waals surface area contributed by atoms with Gasteiger partial charge < -0.3 is 19.6 Å². The van der Waals surface area contributed by atoms with Gasteiger partial charge in [-0.25, -0.2) is 4.79 Å². The molecule has 0 saturated carbocycles. The third-order valence-corrected chi connectivity index (χ3v) is 11.8. The molecule has 0 aliphatic carbocycles. The van der Waals surface area contributed by atoms with Crippen LogP contribution in [0.3, 0.4) is 0 Å². The number of aliphatic carboxylic acids is 1. The Morgan fingerprint density at radius 3 is 1.74 bits per heavy atom. The van der Waals surface area contributed by atoms with E-state index in [-0.39, 0.29) is 5.57 Å². The van der Waals surface area contributed by atoms with Gasteiger partial charge in [0, 0.05) is 23.6 Å². The number of unbranched alkanes of at least 4 members (excludes halogenated alkanes) is 9. The van der Waals surface area contributed by atoms with Crippen molar-refractivity contribution in [3.8, 4) is 17.6 Å². The number of nitriles is 1. The molecule has 0 fully saturated rings. The third kappa shape index (κ3) is 9.91. The van der Waals surface area contributed by atoms with Crippen LogP contribution in [0.25, 0.3) is 39.8 Å². The Morgan fingerprint density at radius 2 is 1.13 bits per heavy atom. The largest absolute Gasteiger partial charge is 0.477 e. The van der Waals surface area contributed by atoms with Crippen LogP contribution in [0.2, 0.25) is 0 Å². The fraction of sp³-hybridized carbons (Fsp3) is 0.214. The van der Waals surface area contributed by atoms with Crippen molar-refractivity contribution in [2.75, 3.05) is 16.3 Å². The van der Waals surface area contributed by atoms with E-state index in [2.05, 4.69) is 156 Å². The second-order valence-corrected chi connectivity index (χ2v) is 16.2. The summed E-state index contributed by atoms with van der Waals surface area (Å²) in [7, 11) is 0. The third-order valence-electron chi connectivity index (χ3n) is 11.8. The molecule has 62 heavy (non-hydrogen) atoms. The SMILES string of the molecule is CCCCCCCCCCCCN1c2ccc(/C=C/c3ccc(N(c4ccc5ccccc5c4)c4ccc5ccccc5c4)cc3)cc2Oc2ccc(/C=C(/C#N)C(=O)O)cc21. The molecule has 0 saturated heterocycles. The van der Waals surface area contributed by atoms with Crippen LogP contribution in [0, 0.1) is 11.3 Å². The number of hydrogen-bond acceptors (Lipinski definition) is 5. The van der Waals surface area contributed by atoms with E-state index in [1.54, 1.807) is 12.1 Å². The number of carboxylic acids is 1. The van der Waals surface area contributed by atoms with Gasteiger partial charge in [-0.2, -0.15) is 5.26 Å². The molecule has 1 aliphatic rings. The fourth-order valence-electron chi connectivity index (χ4n) is 8.42. The van der Waals surface area contributed by atoms with Gasteiger partial charge in [0.25, 0.3) is 0 Å². The molecule has 310 valence electrons. The maximum Gasteiger partial charge on any atom is 0.346 e. The van der Waals surface area contributed by atoms with Crippen LogP contribution >= 0.6 is 0 Å². The molecular formula is C56H53N3O3. The van der Waals surface area contributed by atoms with E-state index in [9.17, 15) is 15.2 Å². The minimum Gasteiger partial charge on any atom is -0.477 e. The summed E-state index contributed by atoms with van der Waals surface area (Å²) >= 11 is 0. The Bertz CT molecular complexity index is 2700. The topological polar surface area (TPSA) is 76.8 Å². The number of nitrogens with zero attached hydrogens (tertiary/aromatic N) is 3. The molecule has 7 aromatic rings. The molecule has 6 nitrogen and oxygen atoms in total. The molecule has 0 atom stereocenters. The number of hydrogen-bond donors (Lipinski definition) is 1. The number of anilines is 5. The average Bonchev–Trinajstić information content (AvgIpc) is 3.30. The van der Waals surface area contributed by atoms with Gasteiger partial charge >= 0.3 is 5.97 Å². The van der Waals surface area contributed by atoms with E-state index in [1.165, 1.54) is 79.0 Å². The Labute approximate surface area is 365 Å². The monoisotopic (exact) mass is 815 g/mol. The quantitative estimate of drug-likeness (QED) is 0.0402. The summed E-state index contributed by atoms with van der Waals surface area (Å²) in [5, 5.41) is 23.7. The molecule has 0 radical (unpaired) electrons. The van der Waals surface area contributed by atoms with Crippen molar-refractivity contribution in [3.63, 3.8) is 0 Å². The van der Waals surface area contributed by atoms with E-state index < -0.39 is 5.97 Å². The molecule has 0 bridgehead atoms. The van der Waals surface area contributed by atoms with Gasteiger partial charge in [-0.15, -0.1) is 0 Å². The van der Waals surface area contributed by atoms with E-state index in [4.69, 9.17) is 4.74 Å². The Morgan fingerprint density at radius 1 is 0.581 bits per heavy atom. The Hall–Kier alpha value is -7.10. The Balaban J connectivity index is 1.02. The summed E-state index contributed by atoms with van der Waals surface area (Å²) in [5.41, 5.74) is 7.54. The summed E-state index contributed by atoms with van der Waals surface area (Å²) in [6.07, 6.45) is 18.2. The van der Waals surface area contributed by atoms with E-state index in [0.29, 0.717) is 11.3 Å². The number of carbonyl (C=O) groups is 1. The zero-order valence-corrected chi connectivity index (χ0v) is 35.5. The zero-order valence-electron chi connectivity index (χ0n) is 35.5. The summed E-state index contributed by atoms with van der Waals surface area (Å²) in [5.74, 6) is 0.235. The highest BCUT2D eigenvalue weighted by Gasteiger charge is 2.25. The molecular weight excluding hydrogens is 763 g/mol. The summed E-state index contributed by atoms with van der Waals surface area (Å²) in [4.78, 5) is 16.2. The fourth-order valence-corrected chi connectivity index (χ4v) is 8.42. The van der Waals surface area contributed by atoms with Crippen molar-refractivity contribution in [1.29, 1.82) is 5.26 Å². The molecule has 1 aliphatic heterocycles. The molecule has 6 heteroatoms. The molecule has 1 heterocycles. The minimum absolute atomic E-state index is 0.304. The highest BCUT2D eigenvalue weighted by Crippen LogP contribution is 2.48. The van der Waals surface area contributed by atoms with Crippen molar-refractivity contribution >= 4 is 74.2 Å². The first-order chi connectivity index (χ1) is 30.5. The van der Waals surface area contributed by atoms with Gasteiger partial charge in [-0.05, 0) is 111 Å². The maximum atomic E-state index is 11.6. The van der Waals surface area contributed by atoms with Crippen molar-refractivity contribution in [2.45, 2.75) is 71.1 Å². The van der Waals surface area contributed by atoms with Crippen LogP contribution < -0.4 is 14.5 Å². The molecule has 0 spiro atoms. The zero-order chi connectivity index (χ0) is 42.7. The molecule has 8 rings (SSSR count). The smallest absolute Gasteiger partial charge is 0.346 e.